The standard InChI is InChI=1S/C15H24N2O2/c1-16-10-9-13-7-4-5-8-14(13)15(18)17(2)11-6-12-19-3/h4-5,7-8,16H,6,9-12H2,1-3H3. The van der Waals surface area contributed by atoms with Gasteiger partial charge < -0.3 is 15.0 Å². The Morgan fingerprint density at radius 1 is 1.37 bits per heavy atom. The number of nitrogens with zero attached hydrogens (tertiary/aromatic N) is 1. The van der Waals surface area contributed by atoms with Crippen molar-refractivity contribution in [1.29, 1.82) is 0 Å². The maximum Gasteiger partial charge on any atom is 0.253 e. The van der Waals surface area contributed by atoms with Gasteiger partial charge in [-0.2, -0.15) is 0 Å². The number of nitrogens with one attached hydrogen (secondary N) is 1. The highest BCUT2D eigenvalue weighted by atomic mass is 16.5. The van der Waals surface area contributed by atoms with E-state index in [-0.39, 0.29) is 5.91 Å². The van der Waals surface area contributed by atoms with Gasteiger partial charge in [0.2, 0.25) is 0 Å². The zero-order valence-electron chi connectivity index (χ0n) is 12.1. The highest BCUT2D eigenvalue weighted by molar-refractivity contribution is 5.95. The molecule has 0 aromatic heterocycles. The Morgan fingerprint density at radius 2 is 2.11 bits per heavy atom. The van der Waals surface area contributed by atoms with Crippen LogP contribution in [0, 0.1) is 0 Å². The smallest absolute Gasteiger partial charge is 0.253 e. The number of rotatable bonds is 8. The van der Waals surface area contributed by atoms with Gasteiger partial charge in [-0.1, -0.05) is 18.2 Å². The number of amides is 1. The lowest BCUT2D eigenvalue weighted by atomic mass is 10.0. The van der Waals surface area contributed by atoms with Crippen LogP contribution in [0.3, 0.4) is 0 Å². The van der Waals surface area contributed by atoms with E-state index in [1.807, 2.05) is 38.4 Å². The molecule has 0 radical (unpaired) electrons. The number of hydrogen-bond donors (Lipinski definition) is 1. The van der Waals surface area contributed by atoms with Crippen LogP contribution in [0.25, 0.3) is 0 Å². The van der Waals surface area contributed by atoms with E-state index in [4.69, 9.17) is 4.74 Å². The van der Waals surface area contributed by atoms with Crippen molar-refractivity contribution in [2.45, 2.75) is 12.8 Å². The lowest BCUT2D eigenvalue weighted by molar-refractivity contribution is 0.0778. The molecule has 1 amide bonds. The van der Waals surface area contributed by atoms with Crippen molar-refractivity contribution in [3.8, 4) is 0 Å². The van der Waals surface area contributed by atoms with Crippen LogP contribution in [0.5, 0.6) is 0 Å². The maximum atomic E-state index is 12.4. The van der Waals surface area contributed by atoms with E-state index in [0.717, 1.165) is 30.5 Å². The largest absolute Gasteiger partial charge is 0.385 e. The molecule has 106 valence electrons. The van der Waals surface area contributed by atoms with Crippen molar-refractivity contribution < 1.29 is 9.53 Å². The van der Waals surface area contributed by atoms with E-state index in [1.54, 1.807) is 12.0 Å². The van der Waals surface area contributed by atoms with Gasteiger partial charge in [-0.15, -0.1) is 0 Å². The van der Waals surface area contributed by atoms with Gasteiger partial charge in [-0.3, -0.25) is 4.79 Å². The van der Waals surface area contributed by atoms with E-state index >= 15 is 0 Å². The summed E-state index contributed by atoms with van der Waals surface area (Å²) in [4.78, 5) is 14.1. The molecular formula is C15H24N2O2. The molecule has 0 atom stereocenters. The Balaban J connectivity index is 2.69. The molecule has 0 saturated heterocycles. The van der Waals surface area contributed by atoms with Gasteiger partial charge >= 0.3 is 0 Å². The highest BCUT2D eigenvalue weighted by Gasteiger charge is 2.14. The molecule has 4 nitrogen and oxygen atoms in total. The minimum atomic E-state index is 0.0859. The molecule has 0 bridgehead atoms. The number of carbonyl (C=O) groups excluding carboxylic acids is 1. The zero-order chi connectivity index (χ0) is 14.1. The summed E-state index contributed by atoms with van der Waals surface area (Å²) in [7, 11) is 5.43. The van der Waals surface area contributed by atoms with Crippen LogP contribution < -0.4 is 5.32 Å². The molecule has 19 heavy (non-hydrogen) atoms. The normalized spacial score (nSPS) is 10.5. The molecule has 1 N–H and O–H groups in total. The summed E-state index contributed by atoms with van der Waals surface area (Å²) in [5, 5.41) is 3.11. The van der Waals surface area contributed by atoms with Crippen molar-refractivity contribution in [1.82, 2.24) is 10.2 Å². The molecule has 0 aliphatic rings. The lowest BCUT2D eigenvalue weighted by Crippen LogP contribution is -2.29. The topological polar surface area (TPSA) is 41.6 Å². The second kappa shape index (κ2) is 8.67. The summed E-state index contributed by atoms with van der Waals surface area (Å²) in [6.45, 7) is 2.27. The molecule has 4 heteroatoms. The van der Waals surface area contributed by atoms with Gasteiger partial charge in [0, 0.05) is 32.9 Å². The number of ether oxygens (including phenoxy) is 1. The summed E-state index contributed by atoms with van der Waals surface area (Å²) in [6.07, 6.45) is 1.72. The molecule has 0 aliphatic carbocycles. The molecule has 0 unspecified atom stereocenters. The third kappa shape index (κ3) is 5.01. The maximum absolute atomic E-state index is 12.4. The number of methoxy groups -OCH3 is 1. The average molecular weight is 264 g/mol. The summed E-state index contributed by atoms with van der Waals surface area (Å²) < 4.78 is 5.01. The van der Waals surface area contributed by atoms with E-state index in [9.17, 15) is 4.79 Å². The molecule has 0 saturated carbocycles. The van der Waals surface area contributed by atoms with Gasteiger partial charge in [0.25, 0.3) is 5.91 Å². The minimum Gasteiger partial charge on any atom is -0.385 e. The summed E-state index contributed by atoms with van der Waals surface area (Å²) in [6, 6.07) is 7.82. The second-order valence-electron chi connectivity index (χ2n) is 4.58. The third-order valence-electron chi connectivity index (χ3n) is 3.08. The van der Waals surface area contributed by atoms with Crippen LogP contribution in [0.2, 0.25) is 0 Å². The number of likely N-dealkylation sites (N-methyl/N-ethyl adjacent to an activating group) is 1. The van der Waals surface area contributed by atoms with Gasteiger partial charge in [0.15, 0.2) is 0 Å². The molecule has 1 aromatic rings. The minimum absolute atomic E-state index is 0.0859. The highest BCUT2D eigenvalue weighted by Crippen LogP contribution is 2.12. The first kappa shape index (κ1) is 15.7. The van der Waals surface area contributed by atoms with Crippen molar-refractivity contribution in [2.75, 3.05) is 40.9 Å². The molecule has 0 aliphatic heterocycles. The average Bonchev–Trinajstić information content (AvgIpc) is 2.44. The van der Waals surface area contributed by atoms with Crippen molar-refractivity contribution >= 4 is 5.91 Å². The molecule has 0 fully saturated rings. The summed E-state index contributed by atoms with van der Waals surface area (Å²) >= 11 is 0. The Morgan fingerprint density at radius 3 is 2.79 bits per heavy atom. The van der Waals surface area contributed by atoms with Crippen LogP contribution in [0.15, 0.2) is 24.3 Å². The second-order valence-corrected chi connectivity index (χ2v) is 4.58. The monoisotopic (exact) mass is 264 g/mol. The van der Waals surface area contributed by atoms with Crippen molar-refractivity contribution in [3.63, 3.8) is 0 Å². The Kier molecular flexibility index (Phi) is 7.15. The van der Waals surface area contributed by atoms with E-state index in [0.29, 0.717) is 13.2 Å². The first-order chi connectivity index (χ1) is 9.20. The Bertz CT molecular complexity index is 393. The number of benzene rings is 1. The fourth-order valence-corrected chi connectivity index (χ4v) is 1.96. The predicted octanol–water partition coefficient (Wildman–Crippen LogP) is 1.56. The predicted molar refractivity (Wildman–Crippen MR) is 77.5 cm³/mol. The molecule has 0 heterocycles. The van der Waals surface area contributed by atoms with Gasteiger partial charge in [-0.25, -0.2) is 0 Å². The summed E-state index contributed by atoms with van der Waals surface area (Å²) in [5.41, 5.74) is 1.90. The van der Waals surface area contributed by atoms with Crippen LogP contribution in [-0.4, -0.2) is 51.7 Å². The van der Waals surface area contributed by atoms with Crippen molar-refractivity contribution in [3.05, 3.63) is 35.4 Å². The van der Waals surface area contributed by atoms with Gasteiger partial charge in [-0.05, 0) is 38.1 Å². The molecule has 0 spiro atoms. The fraction of sp³-hybridized carbons (Fsp3) is 0.533. The quantitative estimate of drug-likeness (QED) is 0.724. The number of hydrogen-bond acceptors (Lipinski definition) is 3. The van der Waals surface area contributed by atoms with E-state index in [2.05, 4.69) is 5.32 Å². The van der Waals surface area contributed by atoms with Crippen LogP contribution in [-0.2, 0) is 11.2 Å². The third-order valence-corrected chi connectivity index (χ3v) is 3.08. The van der Waals surface area contributed by atoms with E-state index in [1.165, 1.54) is 0 Å². The Hall–Kier alpha value is -1.39. The van der Waals surface area contributed by atoms with Crippen molar-refractivity contribution in [2.24, 2.45) is 0 Å². The van der Waals surface area contributed by atoms with Gasteiger partial charge in [0.05, 0.1) is 0 Å². The fourth-order valence-electron chi connectivity index (χ4n) is 1.96. The summed E-state index contributed by atoms with van der Waals surface area (Å²) in [5.74, 6) is 0.0859. The molecule has 1 rings (SSSR count). The van der Waals surface area contributed by atoms with E-state index < -0.39 is 0 Å². The zero-order valence-corrected chi connectivity index (χ0v) is 12.1. The molecular weight excluding hydrogens is 240 g/mol. The Labute approximate surface area is 115 Å². The number of carbonyl (C=O) groups is 1. The van der Waals surface area contributed by atoms with Crippen LogP contribution >= 0.6 is 0 Å². The van der Waals surface area contributed by atoms with Crippen LogP contribution in [0.1, 0.15) is 22.3 Å². The lowest BCUT2D eigenvalue weighted by Gasteiger charge is -2.19. The first-order valence-electron chi connectivity index (χ1n) is 6.67. The van der Waals surface area contributed by atoms with Crippen LogP contribution in [0.4, 0.5) is 0 Å². The SMILES string of the molecule is CNCCc1ccccc1C(=O)N(C)CCCOC. The first-order valence-corrected chi connectivity index (χ1v) is 6.67. The van der Waals surface area contributed by atoms with Gasteiger partial charge in [0.1, 0.15) is 0 Å². The molecule has 1 aromatic carbocycles.